The minimum absolute atomic E-state index is 0.0381. The smallest absolute Gasteiger partial charge is 0.404 e. The molecule has 1 aromatic carbocycles. The molecule has 7 heteroatoms. The van der Waals surface area contributed by atoms with E-state index in [4.69, 9.17) is 11.5 Å². The normalized spacial score (nSPS) is 10.3. The second-order valence-corrected chi connectivity index (χ2v) is 3.93. The van der Waals surface area contributed by atoms with E-state index in [2.05, 4.69) is 15.0 Å². The van der Waals surface area contributed by atoms with Gasteiger partial charge in [-0.15, -0.1) is 0 Å². The third-order valence-corrected chi connectivity index (χ3v) is 2.58. The van der Waals surface area contributed by atoms with Crippen molar-refractivity contribution in [3.8, 4) is 0 Å². The van der Waals surface area contributed by atoms with Gasteiger partial charge < -0.3 is 26.5 Å². The number of nitrogen functional groups attached to an aromatic ring is 1. The summed E-state index contributed by atoms with van der Waals surface area (Å²) >= 11 is 0. The molecule has 1 heterocycles. The summed E-state index contributed by atoms with van der Waals surface area (Å²) in [6, 6.07) is 5.25. The van der Waals surface area contributed by atoms with E-state index >= 15 is 0 Å². The van der Waals surface area contributed by atoms with Crippen molar-refractivity contribution in [1.82, 2.24) is 10.3 Å². The number of aromatic nitrogens is 1. The highest BCUT2D eigenvalue weighted by atomic mass is 16.5. The number of aromatic amines is 1. The second-order valence-electron chi connectivity index (χ2n) is 3.93. The van der Waals surface area contributed by atoms with Gasteiger partial charge in [0.1, 0.15) is 6.61 Å². The molecule has 2 rings (SSSR count). The Labute approximate surface area is 108 Å². The predicted octanol–water partition coefficient (Wildman–Crippen LogP) is 0.575. The quantitative estimate of drug-likeness (QED) is 0.475. The van der Waals surface area contributed by atoms with E-state index < -0.39 is 6.09 Å². The van der Waals surface area contributed by atoms with Crippen molar-refractivity contribution >= 4 is 28.6 Å². The molecule has 7 nitrogen and oxygen atoms in total. The summed E-state index contributed by atoms with van der Waals surface area (Å²) in [5.74, 6) is -0.260. The van der Waals surface area contributed by atoms with E-state index in [0.717, 1.165) is 10.9 Å². The van der Waals surface area contributed by atoms with Crippen molar-refractivity contribution in [2.75, 3.05) is 18.9 Å². The summed E-state index contributed by atoms with van der Waals surface area (Å²) in [5.41, 5.74) is 12.4. The van der Waals surface area contributed by atoms with Crippen LogP contribution in [-0.2, 0) is 4.74 Å². The van der Waals surface area contributed by atoms with Crippen molar-refractivity contribution in [3.05, 3.63) is 30.0 Å². The number of carbonyl (C=O) groups is 2. The van der Waals surface area contributed by atoms with Crippen molar-refractivity contribution < 1.29 is 14.3 Å². The molecule has 0 bridgehead atoms. The first kappa shape index (κ1) is 12.7. The van der Waals surface area contributed by atoms with E-state index in [9.17, 15) is 9.59 Å². The highest BCUT2D eigenvalue weighted by Crippen LogP contribution is 2.20. The summed E-state index contributed by atoms with van der Waals surface area (Å²) in [4.78, 5) is 25.2. The molecule has 0 saturated carbocycles. The number of benzene rings is 1. The van der Waals surface area contributed by atoms with Crippen LogP contribution in [0.15, 0.2) is 24.4 Å². The lowest BCUT2D eigenvalue weighted by atomic mass is 10.1. The van der Waals surface area contributed by atoms with Gasteiger partial charge in [-0.2, -0.15) is 0 Å². The topological polar surface area (TPSA) is 123 Å². The number of H-pyrrole nitrogens is 1. The lowest BCUT2D eigenvalue weighted by Gasteiger charge is -2.04. The van der Waals surface area contributed by atoms with Gasteiger partial charge in [-0.05, 0) is 18.2 Å². The summed E-state index contributed by atoms with van der Waals surface area (Å²) in [6.45, 7) is 0.236. The molecule has 2 aromatic rings. The fourth-order valence-corrected chi connectivity index (χ4v) is 1.74. The molecule has 0 radical (unpaired) electrons. The minimum atomic E-state index is -0.864. The largest absolute Gasteiger partial charge is 0.448 e. The molecule has 100 valence electrons. The number of hydrogen-bond donors (Lipinski definition) is 4. The van der Waals surface area contributed by atoms with Crippen LogP contribution in [-0.4, -0.2) is 30.1 Å². The Kier molecular flexibility index (Phi) is 3.56. The first-order valence-corrected chi connectivity index (χ1v) is 5.65. The highest BCUT2D eigenvalue weighted by Gasteiger charge is 2.11. The molecular weight excluding hydrogens is 248 g/mol. The fourth-order valence-electron chi connectivity index (χ4n) is 1.74. The number of rotatable bonds is 4. The van der Waals surface area contributed by atoms with Gasteiger partial charge in [0, 0.05) is 22.8 Å². The van der Waals surface area contributed by atoms with E-state index in [1.54, 1.807) is 24.4 Å². The number of fused-ring (bicyclic) bond motifs is 1. The molecule has 6 N–H and O–H groups in total. The summed E-state index contributed by atoms with van der Waals surface area (Å²) in [7, 11) is 0. The zero-order valence-corrected chi connectivity index (χ0v) is 10.1. The van der Waals surface area contributed by atoms with E-state index in [1.165, 1.54) is 0 Å². The summed E-state index contributed by atoms with van der Waals surface area (Å²) in [6.07, 6.45) is 0.741. The zero-order valence-electron chi connectivity index (χ0n) is 10.1. The number of primary amides is 1. The Morgan fingerprint density at radius 3 is 2.89 bits per heavy atom. The molecule has 0 aliphatic carbocycles. The maximum absolute atomic E-state index is 11.9. The van der Waals surface area contributed by atoms with E-state index in [-0.39, 0.29) is 19.1 Å². The number of hydrogen-bond acceptors (Lipinski definition) is 4. The summed E-state index contributed by atoms with van der Waals surface area (Å²) < 4.78 is 4.51. The van der Waals surface area contributed by atoms with Crippen LogP contribution in [0, 0.1) is 0 Å². The molecule has 0 aliphatic heterocycles. The number of nitrogens with one attached hydrogen (secondary N) is 2. The zero-order chi connectivity index (χ0) is 13.8. The molecule has 1 aromatic heterocycles. The molecule has 2 amide bonds. The second kappa shape index (κ2) is 5.30. The average Bonchev–Trinajstić information content (AvgIpc) is 2.77. The van der Waals surface area contributed by atoms with Crippen LogP contribution in [0.2, 0.25) is 0 Å². The lowest BCUT2D eigenvalue weighted by Crippen LogP contribution is -2.28. The maximum atomic E-state index is 11.9. The van der Waals surface area contributed by atoms with Gasteiger partial charge in [0.2, 0.25) is 0 Å². The van der Waals surface area contributed by atoms with Crippen LogP contribution in [0.25, 0.3) is 10.9 Å². The van der Waals surface area contributed by atoms with Crippen LogP contribution in [0.3, 0.4) is 0 Å². The minimum Gasteiger partial charge on any atom is -0.448 e. The highest BCUT2D eigenvalue weighted by molar-refractivity contribution is 6.07. The van der Waals surface area contributed by atoms with Gasteiger partial charge in [-0.1, -0.05) is 0 Å². The lowest BCUT2D eigenvalue weighted by molar-refractivity contribution is 0.0938. The van der Waals surface area contributed by atoms with Crippen molar-refractivity contribution in [2.24, 2.45) is 5.73 Å². The number of nitrogens with two attached hydrogens (primary N) is 2. The van der Waals surface area contributed by atoms with Gasteiger partial charge in [-0.3, -0.25) is 4.79 Å². The molecule has 0 aliphatic rings. The standard InChI is InChI=1S/C12H14N4O3/c13-7-1-2-8-9(6-16-10(8)5-7)11(17)15-3-4-19-12(14)18/h1-2,5-6,16H,3-4,13H2,(H2,14,18)(H,15,17). The van der Waals surface area contributed by atoms with Crippen LogP contribution >= 0.6 is 0 Å². The number of carbonyl (C=O) groups excluding carboxylic acids is 2. The fraction of sp³-hybridized carbons (Fsp3) is 0.167. The monoisotopic (exact) mass is 262 g/mol. The molecule has 0 spiro atoms. The Balaban J connectivity index is 2.03. The third kappa shape index (κ3) is 2.95. The van der Waals surface area contributed by atoms with Crippen molar-refractivity contribution in [2.45, 2.75) is 0 Å². The average molecular weight is 262 g/mol. The molecule has 0 fully saturated rings. The maximum Gasteiger partial charge on any atom is 0.404 e. The Morgan fingerprint density at radius 1 is 1.37 bits per heavy atom. The number of ether oxygens (including phenoxy) is 1. The number of anilines is 1. The Hall–Kier alpha value is -2.70. The third-order valence-electron chi connectivity index (χ3n) is 2.58. The van der Waals surface area contributed by atoms with Crippen LogP contribution in [0.4, 0.5) is 10.5 Å². The van der Waals surface area contributed by atoms with Crippen LogP contribution in [0.5, 0.6) is 0 Å². The van der Waals surface area contributed by atoms with Gasteiger partial charge in [0.25, 0.3) is 5.91 Å². The van der Waals surface area contributed by atoms with Gasteiger partial charge in [0.15, 0.2) is 0 Å². The van der Waals surface area contributed by atoms with Gasteiger partial charge in [-0.25, -0.2) is 4.79 Å². The van der Waals surface area contributed by atoms with Crippen LogP contribution in [0.1, 0.15) is 10.4 Å². The van der Waals surface area contributed by atoms with Crippen molar-refractivity contribution in [3.63, 3.8) is 0 Å². The molecule has 19 heavy (non-hydrogen) atoms. The van der Waals surface area contributed by atoms with Gasteiger partial charge in [0.05, 0.1) is 12.1 Å². The van der Waals surface area contributed by atoms with Crippen LogP contribution < -0.4 is 16.8 Å². The van der Waals surface area contributed by atoms with E-state index in [0.29, 0.717) is 11.3 Å². The number of amides is 2. The first-order chi connectivity index (χ1) is 9.08. The van der Waals surface area contributed by atoms with E-state index in [1.807, 2.05) is 0 Å². The SMILES string of the molecule is NC(=O)OCCNC(=O)c1c[nH]c2cc(N)ccc12. The Morgan fingerprint density at radius 2 is 2.16 bits per heavy atom. The molecule has 0 unspecified atom stereocenters. The van der Waals surface area contributed by atoms with Gasteiger partial charge >= 0.3 is 6.09 Å². The molecule has 0 saturated heterocycles. The summed E-state index contributed by atoms with van der Waals surface area (Å²) in [5, 5.41) is 3.40. The first-order valence-electron chi connectivity index (χ1n) is 5.65. The molecular formula is C12H14N4O3. The van der Waals surface area contributed by atoms with Crippen molar-refractivity contribution in [1.29, 1.82) is 0 Å². The predicted molar refractivity (Wildman–Crippen MR) is 70.6 cm³/mol. The Bertz CT molecular complexity index is 620. The molecule has 0 atom stereocenters.